The fourth-order valence-electron chi connectivity index (χ4n) is 4.78. The van der Waals surface area contributed by atoms with Crippen LogP contribution in [0, 0.1) is 11.6 Å². The first-order valence-corrected chi connectivity index (χ1v) is 16.6. The Morgan fingerprint density at radius 1 is 1.02 bits per heavy atom. The van der Waals surface area contributed by atoms with Crippen LogP contribution in [0.25, 0.3) is 27.7 Å². The van der Waals surface area contributed by atoms with Gasteiger partial charge in [0.2, 0.25) is 0 Å². The molecule has 1 atom stereocenters. The van der Waals surface area contributed by atoms with Gasteiger partial charge in [0.05, 0.1) is 22.8 Å². The molecule has 0 saturated carbocycles. The molecule has 1 unspecified atom stereocenters. The Kier molecular flexibility index (Phi) is 7.95. The van der Waals surface area contributed by atoms with Crippen molar-refractivity contribution in [2.75, 3.05) is 11.0 Å². The average Bonchev–Trinajstić information content (AvgIpc) is 3.23. The summed E-state index contributed by atoms with van der Waals surface area (Å²) >= 11 is 6.34. The maximum absolute atomic E-state index is 14.9. The van der Waals surface area contributed by atoms with Crippen molar-refractivity contribution in [2.24, 2.45) is 0 Å². The number of aromatic nitrogens is 2. The molecule has 0 saturated heterocycles. The first-order valence-electron chi connectivity index (χ1n) is 12.6. The number of nitrogens with one attached hydrogen (secondary N) is 3. The van der Waals surface area contributed by atoms with E-state index in [0.29, 0.717) is 15.9 Å². The first kappa shape index (κ1) is 30.1. The van der Waals surface area contributed by atoms with E-state index in [1.165, 1.54) is 36.7 Å². The SMILES string of the molecule is C=C(NS(=O)(=O)c1cccc(NS(=C)(C)=O)c1)c1c(-c2ccc[nH]c2=O)c2cc(Cl)ccc2n1Cc1cc(F)ccc1F. The maximum Gasteiger partial charge on any atom is 0.262 e. The predicted octanol–water partition coefficient (Wildman–Crippen LogP) is 5.60. The third-order valence-corrected chi connectivity index (χ3v) is 8.76. The topological polar surface area (TPSA) is 113 Å². The number of hydrogen-bond donors (Lipinski definition) is 3. The number of hydrogen-bond acceptors (Lipinski definition) is 4. The molecule has 2 aromatic heterocycles. The Bertz CT molecular complexity index is 2190. The van der Waals surface area contributed by atoms with Crippen molar-refractivity contribution in [3.63, 3.8) is 0 Å². The second-order valence-electron chi connectivity index (χ2n) is 9.84. The highest BCUT2D eigenvalue weighted by atomic mass is 35.5. The van der Waals surface area contributed by atoms with Gasteiger partial charge in [-0.25, -0.2) is 21.4 Å². The number of sulfonamides is 1. The molecule has 222 valence electrons. The highest BCUT2D eigenvalue weighted by molar-refractivity contribution is 8.00. The van der Waals surface area contributed by atoms with Gasteiger partial charge in [-0.1, -0.05) is 24.2 Å². The minimum Gasteiger partial charge on any atom is -0.334 e. The summed E-state index contributed by atoms with van der Waals surface area (Å²) in [5.74, 6) is 2.17. The molecule has 8 nitrogen and oxygen atoms in total. The molecule has 0 bridgehead atoms. The van der Waals surface area contributed by atoms with Crippen LogP contribution < -0.4 is 15.0 Å². The van der Waals surface area contributed by atoms with Crippen LogP contribution in [0.4, 0.5) is 14.5 Å². The number of fused-ring (bicyclic) bond motifs is 1. The van der Waals surface area contributed by atoms with Crippen molar-refractivity contribution >= 4 is 59.5 Å². The fraction of sp³-hybridized carbons (Fsp3) is 0.0667. The van der Waals surface area contributed by atoms with Crippen LogP contribution in [-0.4, -0.2) is 34.3 Å². The second-order valence-corrected chi connectivity index (χ2v) is 14.2. The van der Waals surface area contributed by atoms with E-state index < -0.39 is 36.9 Å². The number of nitrogens with zero attached hydrogens (tertiary/aromatic N) is 1. The van der Waals surface area contributed by atoms with Gasteiger partial charge in [0.25, 0.3) is 15.6 Å². The molecule has 43 heavy (non-hydrogen) atoms. The molecule has 2 heterocycles. The van der Waals surface area contributed by atoms with Gasteiger partial charge in [0.1, 0.15) is 11.6 Å². The molecular weight excluding hydrogens is 618 g/mol. The average molecular weight is 643 g/mol. The van der Waals surface area contributed by atoms with Crippen molar-refractivity contribution in [3.8, 4) is 11.1 Å². The number of aromatic amines is 1. The predicted molar refractivity (Wildman–Crippen MR) is 169 cm³/mol. The number of anilines is 1. The Morgan fingerprint density at radius 3 is 2.51 bits per heavy atom. The molecule has 0 spiro atoms. The minimum atomic E-state index is -4.31. The van der Waals surface area contributed by atoms with Crippen LogP contribution in [0.3, 0.4) is 0 Å². The normalized spacial score (nSPS) is 13.0. The van der Waals surface area contributed by atoms with Gasteiger partial charge < -0.3 is 14.3 Å². The monoisotopic (exact) mass is 642 g/mol. The molecular formula is C30H25ClF2N4O4S2. The van der Waals surface area contributed by atoms with E-state index in [1.807, 2.05) is 0 Å². The number of halogens is 3. The second kappa shape index (κ2) is 11.4. The summed E-state index contributed by atoms with van der Waals surface area (Å²) < 4.78 is 75.0. The maximum atomic E-state index is 14.9. The largest absolute Gasteiger partial charge is 0.334 e. The molecule has 13 heteroatoms. The van der Waals surface area contributed by atoms with Crippen LogP contribution in [-0.2, 0) is 26.3 Å². The van der Waals surface area contributed by atoms with Gasteiger partial charge in [0.15, 0.2) is 0 Å². The van der Waals surface area contributed by atoms with E-state index in [9.17, 15) is 26.2 Å². The van der Waals surface area contributed by atoms with Gasteiger partial charge in [-0.05, 0) is 72.6 Å². The fourth-order valence-corrected chi connectivity index (χ4v) is 6.65. The van der Waals surface area contributed by atoms with E-state index >= 15 is 0 Å². The Morgan fingerprint density at radius 2 is 1.79 bits per heavy atom. The van der Waals surface area contributed by atoms with Gasteiger partial charge in [-0.15, -0.1) is 0 Å². The Hall–Kier alpha value is -4.39. The zero-order chi connectivity index (χ0) is 31.1. The highest BCUT2D eigenvalue weighted by Gasteiger charge is 2.26. The van der Waals surface area contributed by atoms with E-state index in [-0.39, 0.29) is 45.2 Å². The number of rotatable bonds is 9. The van der Waals surface area contributed by atoms with Crippen molar-refractivity contribution in [3.05, 3.63) is 124 Å². The third-order valence-electron chi connectivity index (χ3n) is 6.47. The lowest BCUT2D eigenvalue weighted by Crippen LogP contribution is -2.24. The first-order chi connectivity index (χ1) is 20.2. The number of H-pyrrole nitrogens is 1. The van der Waals surface area contributed by atoms with E-state index in [1.54, 1.807) is 34.9 Å². The van der Waals surface area contributed by atoms with Gasteiger partial charge in [-0.2, -0.15) is 0 Å². The number of benzene rings is 3. The van der Waals surface area contributed by atoms with Crippen LogP contribution in [0.15, 0.2) is 95.3 Å². The third kappa shape index (κ3) is 6.36. The molecule has 3 aromatic carbocycles. The molecule has 0 amide bonds. The molecule has 5 aromatic rings. The van der Waals surface area contributed by atoms with Crippen molar-refractivity contribution in [1.82, 2.24) is 14.3 Å². The van der Waals surface area contributed by atoms with Crippen molar-refractivity contribution in [1.29, 1.82) is 0 Å². The molecule has 0 aliphatic carbocycles. The van der Waals surface area contributed by atoms with E-state index in [2.05, 4.69) is 26.9 Å². The van der Waals surface area contributed by atoms with Crippen LogP contribution in [0.1, 0.15) is 11.3 Å². The Balaban J connectivity index is 1.72. The molecule has 0 aliphatic heterocycles. The smallest absolute Gasteiger partial charge is 0.262 e. The summed E-state index contributed by atoms with van der Waals surface area (Å²) in [4.78, 5) is 15.5. The molecule has 3 N–H and O–H groups in total. The zero-order valence-corrected chi connectivity index (χ0v) is 25.0. The van der Waals surface area contributed by atoms with Gasteiger partial charge >= 0.3 is 0 Å². The molecule has 0 fully saturated rings. The summed E-state index contributed by atoms with van der Waals surface area (Å²) in [5.41, 5.74) is 0.642. The van der Waals surface area contributed by atoms with Crippen molar-refractivity contribution < 1.29 is 21.4 Å². The lowest BCUT2D eigenvalue weighted by Gasteiger charge is -2.17. The van der Waals surface area contributed by atoms with Crippen LogP contribution >= 0.6 is 11.6 Å². The van der Waals surface area contributed by atoms with Crippen molar-refractivity contribution in [2.45, 2.75) is 11.4 Å². The molecule has 0 radical (unpaired) electrons. The molecule has 5 rings (SSSR count). The standard InChI is InChI=1S/C30H25ClF2N4O4S2/c1-18(35-43(40,41)23-7-4-6-22(16-23)36-42(2,3)39)29-28(24-8-5-13-34-30(24)38)25-15-20(31)9-12-27(25)37(29)17-19-14-21(32)10-11-26(19)33/h4-16,35H,1-2,17H2,3H3,(H,34,38)(H,36,39). The summed E-state index contributed by atoms with van der Waals surface area (Å²) in [6.45, 7) is 3.76. The minimum absolute atomic E-state index is 0.0209. The van der Waals surface area contributed by atoms with Gasteiger partial charge in [-0.3, -0.25) is 9.52 Å². The zero-order valence-electron chi connectivity index (χ0n) is 22.7. The number of pyridine rings is 1. The van der Waals surface area contributed by atoms with Gasteiger partial charge in [0, 0.05) is 60.5 Å². The summed E-state index contributed by atoms with van der Waals surface area (Å²) in [6, 6.07) is 16.6. The Labute approximate surface area is 251 Å². The summed E-state index contributed by atoms with van der Waals surface area (Å²) in [6.07, 6.45) is 2.81. The lowest BCUT2D eigenvalue weighted by molar-refractivity contribution is 0.578. The quantitative estimate of drug-likeness (QED) is 0.182. The van der Waals surface area contributed by atoms with Crippen LogP contribution in [0.2, 0.25) is 5.02 Å². The highest BCUT2D eigenvalue weighted by Crippen LogP contribution is 2.38. The van der Waals surface area contributed by atoms with E-state index in [4.69, 9.17) is 11.6 Å². The lowest BCUT2D eigenvalue weighted by atomic mass is 10.0. The summed E-state index contributed by atoms with van der Waals surface area (Å²) in [5, 5.41) is 0.783. The summed E-state index contributed by atoms with van der Waals surface area (Å²) in [7, 11) is -7.00. The van der Waals surface area contributed by atoms with E-state index in [0.717, 1.165) is 18.2 Å². The molecule has 0 aliphatic rings. The van der Waals surface area contributed by atoms with Crippen LogP contribution in [0.5, 0.6) is 0 Å².